The van der Waals surface area contributed by atoms with Crippen molar-refractivity contribution in [3.8, 4) is 0 Å². The van der Waals surface area contributed by atoms with Crippen LogP contribution in [0.4, 0.5) is 0 Å². The number of likely N-dealkylation sites (tertiary alicyclic amines) is 1. The van der Waals surface area contributed by atoms with E-state index in [-0.39, 0.29) is 11.6 Å². The molecular formula is C18H20N2O3. The SMILES string of the molecule is CO/N=C(/C(=O)N1CCC(c2ccccc2)CC1)c1ccco1. The summed E-state index contributed by atoms with van der Waals surface area (Å²) >= 11 is 0. The highest BCUT2D eigenvalue weighted by atomic mass is 16.6. The van der Waals surface area contributed by atoms with Gasteiger partial charge in [0.1, 0.15) is 7.11 Å². The number of piperidine rings is 1. The van der Waals surface area contributed by atoms with Crippen molar-refractivity contribution >= 4 is 11.6 Å². The Labute approximate surface area is 135 Å². The van der Waals surface area contributed by atoms with E-state index in [1.807, 2.05) is 11.0 Å². The second kappa shape index (κ2) is 7.13. The van der Waals surface area contributed by atoms with Crippen LogP contribution in [0, 0.1) is 0 Å². The Hall–Kier alpha value is -2.56. The van der Waals surface area contributed by atoms with E-state index in [9.17, 15) is 4.79 Å². The minimum Gasteiger partial charge on any atom is -0.462 e. The van der Waals surface area contributed by atoms with Gasteiger partial charge >= 0.3 is 0 Å². The fourth-order valence-corrected chi connectivity index (χ4v) is 2.98. The second-order valence-corrected chi connectivity index (χ2v) is 5.58. The summed E-state index contributed by atoms with van der Waals surface area (Å²) in [5.74, 6) is 0.794. The van der Waals surface area contributed by atoms with Crippen LogP contribution in [0.5, 0.6) is 0 Å². The molecule has 1 aromatic carbocycles. The zero-order valence-electron chi connectivity index (χ0n) is 13.1. The van der Waals surface area contributed by atoms with Gasteiger partial charge in [0.2, 0.25) is 5.71 Å². The summed E-state index contributed by atoms with van der Waals surface area (Å²) in [6.07, 6.45) is 3.43. The average molecular weight is 312 g/mol. The molecule has 0 unspecified atom stereocenters. The predicted octanol–water partition coefficient (Wildman–Crippen LogP) is 3.04. The first-order chi connectivity index (χ1) is 11.3. The quantitative estimate of drug-likeness (QED) is 0.644. The van der Waals surface area contributed by atoms with Crippen LogP contribution in [0.2, 0.25) is 0 Å². The molecule has 0 saturated carbocycles. The topological polar surface area (TPSA) is 55.0 Å². The van der Waals surface area contributed by atoms with Gasteiger partial charge in [0.25, 0.3) is 5.91 Å². The lowest BCUT2D eigenvalue weighted by Gasteiger charge is -2.32. The van der Waals surface area contributed by atoms with E-state index in [4.69, 9.17) is 9.25 Å². The summed E-state index contributed by atoms with van der Waals surface area (Å²) in [6.45, 7) is 1.42. The highest BCUT2D eigenvalue weighted by molar-refractivity contribution is 6.44. The Morgan fingerprint density at radius 1 is 1.17 bits per heavy atom. The summed E-state index contributed by atoms with van der Waals surface area (Å²) in [4.78, 5) is 19.3. The predicted molar refractivity (Wildman–Crippen MR) is 87.3 cm³/mol. The van der Waals surface area contributed by atoms with Crippen molar-refractivity contribution in [3.63, 3.8) is 0 Å². The Kier molecular flexibility index (Phi) is 4.76. The first-order valence-corrected chi connectivity index (χ1v) is 7.79. The van der Waals surface area contributed by atoms with Crippen molar-refractivity contribution in [2.45, 2.75) is 18.8 Å². The van der Waals surface area contributed by atoms with E-state index in [0.29, 0.717) is 24.8 Å². The number of benzene rings is 1. The van der Waals surface area contributed by atoms with Crippen LogP contribution in [0.25, 0.3) is 0 Å². The lowest BCUT2D eigenvalue weighted by Crippen LogP contribution is -2.42. The molecule has 2 heterocycles. The first kappa shape index (κ1) is 15.3. The van der Waals surface area contributed by atoms with Crippen LogP contribution >= 0.6 is 0 Å². The third kappa shape index (κ3) is 3.44. The maximum Gasteiger partial charge on any atom is 0.279 e. The Morgan fingerprint density at radius 3 is 2.52 bits per heavy atom. The minimum atomic E-state index is -0.145. The smallest absolute Gasteiger partial charge is 0.279 e. The van der Waals surface area contributed by atoms with Gasteiger partial charge in [-0.15, -0.1) is 0 Å². The van der Waals surface area contributed by atoms with E-state index >= 15 is 0 Å². The third-order valence-electron chi connectivity index (χ3n) is 4.19. The maximum absolute atomic E-state index is 12.7. The minimum absolute atomic E-state index is 0.145. The van der Waals surface area contributed by atoms with E-state index < -0.39 is 0 Å². The van der Waals surface area contributed by atoms with Gasteiger partial charge in [-0.3, -0.25) is 4.79 Å². The van der Waals surface area contributed by atoms with Crippen LogP contribution in [0.15, 0.2) is 58.3 Å². The summed E-state index contributed by atoms with van der Waals surface area (Å²) in [5, 5.41) is 3.85. The summed E-state index contributed by atoms with van der Waals surface area (Å²) in [6, 6.07) is 13.9. The fourth-order valence-electron chi connectivity index (χ4n) is 2.98. The second-order valence-electron chi connectivity index (χ2n) is 5.58. The molecule has 5 nitrogen and oxygen atoms in total. The monoisotopic (exact) mass is 312 g/mol. The molecule has 1 aliphatic heterocycles. The van der Waals surface area contributed by atoms with E-state index in [1.54, 1.807) is 12.1 Å². The number of carbonyl (C=O) groups is 1. The Bertz CT molecular complexity index is 657. The summed E-state index contributed by atoms with van der Waals surface area (Å²) in [5.41, 5.74) is 1.56. The molecule has 1 saturated heterocycles. The van der Waals surface area contributed by atoms with Crippen LogP contribution in [-0.2, 0) is 9.63 Å². The summed E-state index contributed by atoms with van der Waals surface area (Å²) in [7, 11) is 1.43. The number of nitrogens with zero attached hydrogens (tertiary/aromatic N) is 2. The zero-order chi connectivity index (χ0) is 16.1. The first-order valence-electron chi connectivity index (χ1n) is 7.79. The van der Waals surface area contributed by atoms with E-state index in [1.165, 1.54) is 18.9 Å². The van der Waals surface area contributed by atoms with E-state index in [0.717, 1.165) is 12.8 Å². The number of carbonyl (C=O) groups excluding carboxylic acids is 1. The lowest BCUT2D eigenvalue weighted by atomic mass is 9.89. The molecule has 0 atom stereocenters. The highest BCUT2D eigenvalue weighted by Gasteiger charge is 2.28. The molecule has 1 aromatic heterocycles. The van der Waals surface area contributed by atoms with Crippen molar-refractivity contribution in [2.75, 3.05) is 20.2 Å². The van der Waals surface area contributed by atoms with Crippen molar-refractivity contribution in [1.82, 2.24) is 4.90 Å². The molecule has 5 heteroatoms. The molecule has 23 heavy (non-hydrogen) atoms. The van der Waals surface area contributed by atoms with Crippen molar-refractivity contribution < 1.29 is 14.0 Å². The standard InChI is InChI=1S/C18H20N2O3/c1-22-19-17(16-8-5-13-23-16)18(21)20-11-9-15(10-12-20)14-6-3-2-4-7-14/h2-8,13,15H,9-12H2,1H3/b19-17+. The van der Waals surface area contributed by atoms with Gasteiger partial charge in [-0.25, -0.2) is 0 Å². The van der Waals surface area contributed by atoms with Gasteiger partial charge in [0.15, 0.2) is 5.76 Å². The van der Waals surface area contributed by atoms with Crippen molar-refractivity contribution in [3.05, 3.63) is 60.1 Å². The van der Waals surface area contributed by atoms with Gasteiger partial charge in [-0.1, -0.05) is 35.5 Å². The molecule has 0 N–H and O–H groups in total. The molecule has 2 aromatic rings. The Morgan fingerprint density at radius 2 is 1.91 bits per heavy atom. The molecule has 0 radical (unpaired) electrons. The number of rotatable bonds is 4. The molecule has 0 aliphatic carbocycles. The molecular weight excluding hydrogens is 292 g/mol. The molecule has 1 amide bonds. The van der Waals surface area contributed by atoms with E-state index in [2.05, 4.69) is 29.4 Å². The number of hydrogen-bond donors (Lipinski definition) is 0. The normalized spacial score (nSPS) is 16.4. The summed E-state index contributed by atoms with van der Waals surface area (Å²) < 4.78 is 5.29. The van der Waals surface area contributed by atoms with Crippen LogP contribution in [-0.4, -0.2) is 36.7 Å². The molecule has 3 rings (SSSR count). The average Bonchev–Trinajstić information content (AvgIpc) is 3.14. The van der Waals surface area contributed by atoms with Gasteiger partial charge in [-0.05, 0) is 36.5 Å². The van der Waals surface area contributed by atoms with Gasteiger partial charge in [0, 0.05) is 13.1 Å². The highest BCUT2D eigenvalue weighted by Crippen LogP contribution is 2.28. The number of oxime groups is 1. The molecule has 1 fully saturated rings. The number of furan rings is 1. The Balaban J connectivity index is 1.67. The fraction of sp³-hybridized carbons (Fsp3) is 0.333. The number of amides is 1. The van der Waals surface area contributed by atoms with Gasteiger partial charge in [-0.2, -0.15) is 0 Å². The zero-order valence-corrected chi connectivity index (χ0v) is 13.1. The third-order valence-corrected chi connectivity index (χ3v) is 4.19. The molecule has 1 aliphatic rings. The van der Waals surface area contributed by atoms with Crippen molar-refractivity contribution in [2.24, 2.45) is 5.16 Å². The van der Waals surface area contributed by atoms with Crippen molar-refractivity contribution in [1.29, 1.82) is 0 Å². The lowest BCUT2D eigenvalue weighted by molar-refractivity contribution is -0.125. The largest absolute Gasteiger partial charge is 0.462 e. The molecule has 120 valence electrons. The number of hydrogen-bond acceptors (Lipinski definition) is 4. The maximum atomic E-state index is 12.7. The van der Waals surface area contributed by atoms with Crippen LogP contribution in [0.1, 0.15) is 30.1 Å². The molecule has 0 spiro atoms. The molecule has 0 bridgehead atoms. The van der Waals surface area contributed by atoms with Gasteiger partial charge in [0.05, 0.1) is 6.26 Å². The van der Waals surface area contributed by atoms with Crippen LogP contribution < -0.4 is 0 Å². The van der Waals surface area contributed by atoms with Gasteiger partial charge < -0.3 is 14.2 Å². The van der Waals surface area contributed by atoms with Crippen LogP contribution in [0.3, 0.4) is 0 Å².